The molecule has 4 nitrogen and oxygen atoms in total. The van der Waals surface area contributed by atoms with Gasteiger partial charge in [0.25, 0.3) is 0 Å². The molecule has 0 spiro atoms. The first kappa shape index (κ1) is 20.9. The molecule has 0 aliphatic heterocycles. The van der Waals surface area contributed by atoms with Gasteiger partial charge < -0.3 is 10.6 Å². The third kappa shape index (κ3) is 3.17. The number of carbonyl (C=O) groups excluding carboxylic acids is 1. The van der Waals surface area contributed by atoms with Crippen molar-refractivity contribution >= 4 is 23.9 Å². The highest BCUT2D eigenvalue weighted by molar-refractivity contribution is 5.87. The van der Waals surface area contributed by atoms with Gasteiger partial charge in [0.15, 0.2) is 0 Å². The minimum atomic E-state index is -0.0787. The zero-order valence-corrected chi connectivity index (χ0v) is 17.7. The molecule has 4 fully saturated rings. The molecule has 2 N–H and O–H groups in total. The smallest absolute Gasteiger partial charge is 0.139 e. The van der Waals surface area contributed by atoms with Gasteiger partial charge in [-0.3, -0.25) is 4.79 Å². The molecule has 5 heteroatoms. The van der Waals surface area contributed by atoms with Crippen LogP contribution >= 0.6 is 12.4 Å². The molecule has 4 rings (SSSR count). The lowest BCUT2D eigenvalue weighted by Gasteiger charge is -2.60. The number of rotatable bonds is 3. The van der Waals surface area contributed by atoms with Gasteiger partial charge in [0, 0.05) is 18.4 Å². The van der Waals surface area contributed by atoms with Crippen molar-refractivity contribution in [1.82, 2.24) is 0 Å². The van der Waals surface area contributed by atoms with Gasteiger partial charge in [0.2, 0.25) is 0 Å². The number of Topliss-reactive ketones (excluding diaryl/α,β-unsaturated/α-hetero) is 1. The molecule has 4 aliphatic rings. The summed E-state index contributed by atoms with van der Waals surface area (Å²) >= 11 is 0. The molecule has 0 aromatic rings. The van der Waals surface area contributed by atoms with E-state index in [-0.39, 0.29) is 17.8 Å². The zero-order valence-electron chi connectivity index (χ0n) is 16.8. The Morgan fingerprint density at radius 1 is 1.19 bits per heavy atom. The molecule has 0 saturated heterocycles. The molecule has 4 saturated carbocycles. The van der Waals surface area contributed by atoms with Gasteiger partial charge in [0.1, 0.15) is 12.4 Å². The van der Waals surface area contributed by atoms with Crippen molar-refractivity contribution < 1.29 is 9.63 Å². The first-order chi connectivity index (χ1) is 12.4. The van der Waals surface area contributed by atoms with Gasteiger partial charge in [-0.15, -0.1) is 12.4 Å². The predicted molar refractivity (Wildman–Crippen MR) is 111 cm³/mol. The van der Waals surface area contributed by atoms with Gasteiger partial charge in [-0.25, -0.2) is 0 Å². The summed E-state index contributed by atoms with van der Waals surface area (Å²) in [6.07, 6.45) is 8.48. The van der Waals surface area contributed by atoms with Crippen molar-refractivity contribution in [2.45, 2.75) is 65.2 Å². The Labute approximate surface area is 169 Å². The van der Waals surface area contributed by atoms with Gasteiger partial charge in [-0.1, -0.05) is 31.2 Å². The van der Waals surface area contributed by atoms with Gasteiger partial charge in [-0.05, 0) is 74.0 Å². The van der Waals surface area contributed by atoms with Crippen LogP contribution in [0, 0.1) is 34.5 Å². The molecule has 152 valence electrons. The van der Waals surface area contributed by atoms with Crippen LogP contribution in [0.15, 0.2) is 17.3 Å². The summed E-state index contributed by atoms with van der Waals surface area (Å²) in [5.74, 6) is 2.89. The first-order valence-corrected chi connectivity index (χ1v) is 10.5. The second-order valence-corrected chi connectivity index (χ2v) is 9.71. The monoisotopic (exact) mass is 394 g/mol. The maximum absolute atomic E-state index is 12.6. The number of hydrogen-bond donors (Lipinski definition) is 1. The molecule has 0 bridgehead atoms. The Kier molecular flexibility index (Phi) is 5.80. The highest BCUT2D eigenvalue weighted by Crippen LogP contribution is 2.66. The van der Waals surface area contributed by atoms with Crippen molar-refractivity contribution in [2.75, 3.05) is 13.2 Å². The van der Waals surface area contributed by atoms with E-state index in [0.29, 0.717) is 48.0 Å². The maximum Gasteiger partial charge on any atom is 0.139 e. The molecule has 0 aromatic heterocycles. The van der Waals surface area contributed by atoms with E-state index < -0.39 is 0 Å². The number of halogens is 1. The lowest BCUT2D eigenvalue weighted by Crippen LogP contribution is -2.54. The van der Waals surface area contributed by atoms with Crippen molar-refractivity contribution in [3.05, 3.63) is 12.2 Å². The predicted octanol–water partition coefficient (Wildman–Crippen LogP) is 4.52. The third-order valence-electron chi connectivity index (χ3n) is 8.58. The molecular weight excluding hydrogens is 360 g/mol. The normalized spacial score (nSPS) is 44.9. The molecule has 1 unspecified atom stereocenters. The summed E-state index contributed by atoms with van der Waals surface area (Å²) in [6, 6.07) is 0. The minimum Gasteiger partial charge on any atom is -0.395 e. The van der Waals surface area contributed by atoms with E-state index in [0.717, 1.165) is 38.5 Å². The molecule has 0 aromatic carbocycles. The molecule has 6 atom stereocenters. The Morgan fingerprint density at radius 3 is 2.70 bits per heavy atom. The van der Waals surface area contributed by atoms with Gasteiger partial charge >= 0.3 is 0 Å². The fraction of sp³-hybridized carbons (Fsp3) is 0.818. The van der Waals surface area contributed by atoms with Crippen LogP contribution in [-0.4, -0.2) is 24.6 Å². The van der Waals surface area contributed by atoms with Crippen molar-refractivity contribution in [3.63, 3.8) is 0 Å². The van der Waals surface area contributed by atoms with Crippen LogP contribution in [0.4, 0.5) is 0 Å². The SMILES string of the molecule is C=C1CC2CC(=NOCCN)CC[C@]2(C)[C@@H]2CC[C@]3(C)C(=O)CC[C@H]3[C@H]12.Cl. The number of carbonyl (C=O) groups is 1. The van der Waals surface area contributed by atoms with E-state index in [4.69, 9.17) is 10.6 Å². The minimum absolute atomic E-state index is 0. The van der Waals surface area contributed by atoms with Crippen LogP contribution in [0.1, 0.15) is 65.2 Å². The summed E-state index contributed by atoms with van der Waals surface area (Å²) in [6.45, 7) is 10.3. The van der Waals surface area contributed by atoms with Crippen molar-refractivity contribution in [3.8, 4) is 0 Å². The molecular formula is C22H35ClN2O2. The number of oxime groups is 1. The van der Waals surface area contributed by atoms with E-state index in [1.54, 1.807) is 0 Å². The number of ketones is 1. The van der Waals surface area contributed by atoms with Crippen LogP contribution < -0.4 is 5.73 Å². The first-order valence-electron chi connectivity index (χ1n) is 10.5. The number of nitrogens with two attached hydrogens (primary N) is 1. The Hall–Kier alpha value is -0.870. The molecule has 0 amide bonds. The average Bonchev–Trinajstić information content (AvgIpc) is 2.92. The van der Waals surface area contributed by atoms with Crippen LogP contribution in [0.2, 0.25) is 0 Å². The highest BCUT2D eigenvalue weighted by atomic mass is 35.5. The van der Waals surface area contributed by atoms with Crippen LogP contribution in [0.3, 0.4) is 0 Å². The largest absolute Gasteiger partial charge is 0.395 e. The number of hydrogen-bond acceptors (Lipinski definition) is 4. The van der Waals surface area contributed by atoms with E-state index in [1.807, 2.05) is 0 Å². The van der Waals surface area contributed by atoms with Crippen LogP contribution in [-0.2, 0) is 9.63 Å². The summed E-state index contributed by atoms with van der Waals surface area (Å²) in [7, 11) is 0. The fourth-order valence-corrected chi connectivity index (χ4v) is 6.98. The topological polar surface area (TPSA) is 64.7 Å². The second kappa shape index (κ2) is 7.51. The molecule has 4 aliphatic carbocycles. The lowest BCUT2D eigenvalue weighted by atomic mass is 9.44. The number of nitrogens with zero attached hydrogens (tertiary/aromatic N) is 1. The van der Waals surface area contributed by atoms with E-state index in [9.17, 15) is 4.79 Å². The van der Waals surface area contributed by atoms with E-state index in [2.05, 4.69) is 25.6 Å². The number of allylic oxidation sites excluding steroid dienone is 1. The Morgan fingerprint density at radius 2 is 1.96 bits per heavy atom. The van der Waals surface area contributed by atoms with Crippen LogP contribution in [0.25, 0.3) is 0 Å². The third-order valence-corrected chi connectivity index (χ3v) is 8.58. The van der Waals surface area contributed by atoms with Gasteiger partial charge in [0.05, 0.1) is 5.71 Å². The second-order valence-electron chi connectivity index (χ2n) is 9.71. The van der Waals surface area contributed by atoms with Crippen molar-refractivity contribution in [1.29, 1.82) is 0 Å². The standard InChI is InChI=1S/C22H34N2O2.ClH/c1-14-12-15-13-16(24-26-11-10-23)6-8-21(15,2)18-7-9-22(3)17(20(14)18)4-5-19(22)25;/h15,17-18,20H,1,4-13,23H2,2-3H3;1H/t15?,17-,18+,20-,21-,22-;/m0./s1. The van der Waals surface area contributed by atoms with Crippen LogP contribution in [0.5, 0.6) is 0 Å². The van der Waals surface area contributed by atoms with Gasteiger partial charge in [-0.2, -0.15) is 0 Å². The summed E-state index contributed by atoms with van der Waals surface area (Å²) < 4.78 is 0. The lowest BCUT2D eigenvalue weighted by molar-refractivity contribution is -0.133. The quantitative estimate of drug-likeness (QED) is 0.435. The molecule has 27 heavy (non-hydrogen) atoms. The summed E-state index contributed by atoms with van der Waals surface area (Å²) in [5, 5.41) is 4.36. The average molecular weight is 395 g/mol. The molecule has 0 radical (unpaired) electrons. The Balaban J connectivity index is 0.00000210. The fourth-order valence-electron chi connectivity index (χ4n) is 6.98. The highest BCUT2D eigenvalue weighted by Gasteiger charge is 2.61. The summed E-state index contributed by atoms with van der Waals surface area (Å²) in [5.41, 5.74) is 8.38. The zero-order chi connectivity index (χ0) is 18.5. The summed E-state index contributed by atoms with van der Waals surface area (Å²) in [4.78, 5) is 17.9. The van der Waals surface area contributed by atoms with Crippen molar-refractivity contribution in [2.24, 2.45) is 45.4 Å². The maximum atomic E-state index is 12.6. The molecule has 0 heterocycles. The number of fused-ring (bicyclic) bond motifs is 5. The van der Waals surface area contributed by atoms with E-state index >= 15 is 0 Å². The Bertz CT molecular complexity index is 648. The van der Waals surface area contributed by atoms with E-state index in [1.165, 1.54) is 24.1 Å².